The van der Waals surface area contributed by atoms with E-state index in [4.69, 9.17) is 14.2 Å². The van der Waals surface area contributed by atoms with Gasteiger partial charge in [0.1, 0.15) is 29.2 Å². The minimum absolute atomic E-state index is 0.0505. The highest BCUT2D eigenvalue weighted by Crippen LogP contribution is 2.37. The Morgan fingerprint density at radius 2 is 1.82 bits per heavy atom. The Kier molecular flexibility index (Phi) is 8.20. The molecule has 8 nitrogen and oxygen atoms in total. The molecule has 3 aromatic rings. The van der Waals surface area contributed by atoms with Gasteiger partial charge in [-0.05, 0) is 74.9 Å². The third kappa shape index (κ3) is 7.25. The second-order valence-electron chi connectivity index (χ2n) is 10.7. The maximum atomic E-state index is 12.8. The minimum Gasteiger partial charge on any atom is -0.485 e. The molecule has 2 amide bonds. The van der Waals surface area contributed by atoms with E-state index in [1.807, 2.05) is 50.2 Å². The van der Waals surface area contributed by atoms with E-state index < -0.39 is 17.7 Å². The van der Waals surface area contributed by atoms with Gasteiger partial charge in [-0.25, -0.2) is 9.78 Å². The highest BCUT2D eigenvalue weighted by atomic mass is 16.6. The van der Waals surface area contributed by atoms with Gasteiger partial charge in [0.05, 0.1) is 11.9 Å². The van der Waals surface area contributed by atoms with Crippen LogP contribution in [0.2, 0.25) is 0 Å². The van der Waals surface area contributed by atoms with Gasteiger partial charge in [0, 0.05) is 6.07 Å². The van der Waals surface area contributed by atoms with Gasteiger partial charge < -0.3 is 24.8 Å². The number of nitrogens with one attached hydrogen (secondary N) is 2. The van der Waals surface area contributed by atoms with E-state index in [1.54, 1.807) is 32.9 Å². The first-order chi connectivity index (χ1) is 18.1. The SMILES string of the molecule is CC(C)C(NC(=O)OC(C)(C)C)C(=O)Nc1ccc(Oc2ccc3c(c2)CC[C@H](c2ccccc2)O3)nc1. The Morgan fingerprint density at radius 1 is 1.05 bits per heavy atom. The number of pyridine rings is 1. The number of alkyl carbamates (subject to hydrolysis) is 1. The number of carbonyl (C=O) groups excluding carboxylic acids is 2. The molecule has 2 N–H and O–H groups in total. The molecular formula is C30H35N3O5. The zero-order valence-electron chi connectivity index (χ0n) is 22.5. The van der Waals surface area contributed by atoms with Crippen molar-refractivity contribution < 1.29 is 23.8 Å². The summed E-state index contributed by atoms with van der Waals surface area (Å²) in [5.41, 5.74) is 2.10. The third-order valence-electron chi connectivity index (χ3n) is 6.00. The van der Waals surface area contributed by atoms with E-state index in [2.05, 4.69) is 27.8 Å². The van der Waals surface area contributed by atoms with Crippen LogP contribution in [0.25, 0.3) is 0 Å². The van der Waals surface area contributed by atoms with Crippen molar-refractivity contribution in [3.63, 3.8) is 0 Å². The largest absolute Gasteiger partial charge is 0.485 e. The molecule has 1 aromatic heterocycles. The van der Waals surface area contributed by atoms with Crippen LogP contribution in [0, 0.1) is 5.92 Å². The highest BCUT2D eigenvalue weighted by molar-refractivity contribution is 5.96. The van der Waals surface area contributed by atoms with Crippen LogP contribution in [0.15, 0.2) is 66.9 Å². The van der Waals surface area contributed by atoms with Gasteiger partial charge in [-0.3, -0.25) is 4.79 Å². The summed E-state index contributed by atoms with van der Waals surface area (Å²) in [7, 11) is 0. The predicted octanol–water partition coefficient (Wildman–Crippen LogP) is 6.43. The van der Waals surface area contributed by atoms with Crippen molar-refractivity contribution >= 4 is 17.7 Å². The fraction of sp³-hybridized carbons (Fsp3) is 0.367. The minimum atomic E-state index is -0.764. The monoisotopic (exact) mass is 517 g/mol. The summed E-state index contributed by atoms with van der Waals surface area (Å²) in [6.45, 7) is 9.01. The number of ether oxygens (including phenoxy) is 3. The summed E-state index contributed by atoms with van der Waals surface area (Å²) in [6, 6.07) is 18.6. The molecule has 0 spiro atoms. The van der Waals surface area contributed by atoms with Crippen LogP contribution in [0.1, 0.15) is 58.3 Å². The highest BCUT2D eigenvalue weighted by Gasteiger charge is 2.27. The molecule has 0 saturated carbocycles. The summed E-state index contributed by atoms with van der Waals surface area (Å²) in [4.78, 5) is 29.3. The maximum absolute atomic E-state index is 12.8. The van der Waals surface area contributed by atoms with Gasteiger partial charge in [0.2, 0.25) is 11.8 Å². The zero-order chi connectivity index (χ0) is 27.3. The van der Waals surface area contributed by atoms with Crippen molar-refractivity contribution in [2.75, 3.05) is 5.32 Å². The number of nitrogens with zero attached hydrogens (tertiary/aromatic N) is 1. The van der Waals surface area contributed by atoms with Gasteiger partial charge in [0.15, 0.2) is 0 Å². The average Bonchev–Trinajstić information content (AvgIpc) is 2.87. The Labute approximate surface area is 223 Å². The van der Waals surface area contributed by atoms with E-state index in [0.717, 1.165) is 24.2 Å². The van der Waals surface area contributed by atoms with Crippen LogP contribution in [-0.4, -0.2) is 28.6 Å². The number of aryl methyl sites for hydroxylation is 1. The van der Waals surface area contributed by atoms with Crippen LogP contribution < -0.4 is 20.1 Å². The summed E-state index contributed by atoms with van der Waals surface area (Å²) >= 11 is 0. The van der Waals surface area contributed by atoms with Crippen molar-refractivity contribution in [3.8, 4) is 17.4 Å². The molecule has 1 aliphatic rings. The van der Waals surface area contributed by atoms with Crippen molar-refractivity contribution in [3.05, 3.63) is 78.0 Å². The van der Waals surface area contributed by atoms with Crippen molar-refractivity contribution in [1.82, 2.24) is 10.3 Å². The van der Waals surface area contributed by atoms with Crippen LogP contribution in [0.3, 0.4) is 0 Å². The molecular weight excluding hydrogens is 482 g/mol. The van der Waals surface area contributed by atoms with E-state index >= 15 is 0 Å². The lowest BCUT2D eigenvalue weighted by Crippen LogP contribution is -2.48. The molecule has 8 heteroatoms. The molecule has 1 unspecified atom stereocenters. The fourth-order valence-corrected chi connectivity index (χ4v) is 4.16. The maximum Gasteiger partial charge on any atom is 0.408 e. The van der Waals surface area contributed by atoms with Crippen LogP contribution >= 0.6 is 0 Å². The van der Waals surface area contributed by atoms with E-state index in [0.29, 0.717) is 17.3 Å². The lowest BCUT2D eigenvalue weighted by Gasteiger charge is -2.26. The molecule has 2 aromatic carbocycles. The first-order valence-electron chi connectivity index (χ1n) is 12.9. The number of rotatable bonds is 7. The molecule has 0 fully saturated rings. The molecule has 2 heterocycles. The standard InChI is InChI=1S/C30H35N3O5/c1-19(2)27(33-29(35)38-30(3,4)5)28(34)32-22-12-16-26(31-18-22)36-23-13-15-25-21(17-23)11-14-24(37-25)20-9-7-6-8-10-20/h6-10,12-13,15-19,24,27H,11,14H2,1-5H3,(H,32,34)(H,33,35)/t24-,27?/m1/s1. The second-order valence-corrected chi connectivity index (χ2v) is 10.7. The average molecular weight is 518 g/mol. The third-order valence-corrected chi connectivity index (χ3v) is 6.00. The normalized spacial score (nSPS) is 15.6. The lowest BCUT2D eigenvalue weighted by molar-refractivity contribution is -0.119. The van der Waals surface area contributed by atoms with Gasteiger partial charge in [-0.15, -0.1) is 0 Å². The Bertz CT molecular complexity index is 1250. The molecule has 0 aliphatic carbocycles. The quantitative estimate of drug-likeness (QED) is 0.375. The van der Waals surface area contributed by atoms with E-state index in [9.17, 15) is 9.59 Å². The van der Waals surface area contributed by atoms with Gasteiger partial charge in [-0.1, -0.05) is 44.2 Å². The predicted molar refractivity (Wildman–Crippen MR) is 146 cm³/mol. The molecule has 4 rings (SSSR count). The molecule has 1 aliphatic heterocycles. The number of carbonyl (C=O) groups is 2. The number of fused-ring (bicyclic) bond motifs is 1. The van der Waals surface area contributed by atoms with Gasteiger partial charge >= 0.3 is 6.09 Å². The lowest BCUT2D eigenvalue weighted by atomic mass is 9.97. The summed E-state index contributed by atoms with van der Waals surface area (Å²) < 4.78 is 17.4. The number of aromatic nitrogens is 1. The zero-order valence-corrected chi connectivity index (χ0v) is 22.5. The molecule has 2 atom stereocenters. The first kappa shape index (κ1) is 27.0. The van der Waals surface area contributed by atoms with Crippen molar-refractivity contribution in [2.24, 2.45) is 5.92 Å². The molecule has 0 saturated heterocycles. The number of benzene rings is 2. The Balaban J connectivity index is 1.35. The number of amides is 2. The molecule has 0 radical (unpaired) electrons. The molecule has 38 heavy (non-hydrogen) atoms. The van der Waals surface area contributed by atoms with Gasteiger partial charge in [-0.2, -0.15) is 0 Å². The Morgan fingerprint density at radius 3 is 2.47 bits per heavy atom. The number of hydrogen-bond acceptors (Lipinski definition) is 6. The molecule has 0 bridgehead atoms. The van der Waals surface area contributed by atoms with Crippen LogP contribution in [0.4, 0.5) is 10.5 Å². The van der Waals surface area contributed by atoms with E-state index in [-0.39, 0.29) is 17.9 Å². The van der Waals surface area contributed by atoms with E-state index in [1.165, 1.54) is 11.8 Å². The second kappa shape index (κ2) is 11.5. The smallest absolute Gasteiger partial charge is 0.408 e. The Hall–Kier alpha value is -4.07. The first-order valence-corrected chi connectivity index (χ1v) is 12.9. The topological polar surface area (TPSA) is 98.8 Å². The molecule has 200 valence electrons. The number of anilines is 1. The summed E-state index contributed by atoms with van der Waals surface area (Å²) in [5.74, 6) is 1.42. The summed E-state index contributed by atoms with van der Waals surface area (Å²) in [6.07, 6.45) is 2.71. The van der Waals surface area contributed by atoms with Crippen LogP contribution in [0.5, 0.6) is 17.4 Å². The van der Waals surface area contributed by atoms with Crippen molar-refractivity contribution in [1.29, 1.82) is 0 Å². The van der Waals surface area contributed by atoms with Gasteiger partial charge in [0.25, 0.3) is 0 Å². The van der Waals surface area contributed by atoms with Crippen molar-refractivity contribution in [2.45, 2.75) is 65.2 Å². The van der Waals surface area contributed by atoms with Crippen LogP contribution in [-0.2, 0) is 16.0 Å². The summed E-state index contributed by atoms with van der Waals surface area (Å²) in [5, 5.41) is 5.44. The fourth-order valence-electron chi connectivity index (χ4n) is 4.16. The number of hydrogen-bond donors (Lipinski definition) is 2.